The van der Waals surface area contributed by atoms with Crippen molar-refractivity contribution in [3.05, 3.63) is 131 Å². The molecule has 0 spiro atoms. The van der Waals surface area contributed by atoms with Gasteiger partial charge in [0.2, 0.25) is 0 Å². The lowest BCUT2D eigenvalue weighted by Gasteiger charge is -2.44. The summed E-state index contributed by atoms with van der Waals surface area (Å²) in [5.41, 5.74) is 9.63. The Labute approximate surface area is 316 Å². The molecule has 0 bridgehead atoms. The van der Waals surface area contributed by atoms with Crippen LogP contribution in [0.5, 0.6) is 0 Å². The van der Waals surface area contributed by atoms with E-state index in [1.165, 1.54) is 94.1 Å². The fourth-order valence-corrected chi connectivity index (χ4v) is 14.4. The maximum absolute atomic E-state index is 6.75. The van der Waals surface area contributed by atoms with Crippen LogP contribution < -0.4 is 0 Å². The van der Waals surface area contributed by atoms with Gasteiger partial charge in [0.05, 0.1) is 12.0 Å². The molecule has 11 unspecified atom stereocenters. The highest BCUT2D eigenvalue weighted by Gasteiger charge is 2.49. The lowest BCUT2D eigenvalue weighted by Crippen LogP contribution is -2.43. The summed E-state index contributed by atoms with van der Waals surface area (Å²) in [6, 6.07) is 1.58. The quantitative estimate of drug-likeness (QED) is 0.264. The zero-order valence-electron chi connectivity index (χ0n) is 30.8. The summed E-state index contributed by atoms with van der Waals surface area (Å²) in [4.78, 5) is 5.86. The zero-order valence-corrected chi connectivity index (χ0v) is 31.6. The normalized spacial score (nSPS) is 41.0. The number of hydrogen-bond acceptors (Lipinski definition) is 4. The third-order valence-electron chi connectivity index (χ3n) is 14.9. The average molecular weight is 709 g/mol. The Morgan fingerprint density at radius 3 is 2.62 bits per heavy atom. The third-order valence-corrected chi connectivity index (χ3v) is 16.6. The summed E-state index contributed by atoms with van der Waals surface area (Å²) < 4.78 is 6.75. The molecule has 1 saturated heterocycles. The number of nitrogens with zero attached hydrogens (tertiary/aromatic N) is 2. The molecule has 11 atom stereocenters. The second kappa shape index (κ2) is 13.3. The Bertz CT molecular complexity index is 1830. The van der Waals surface area contributed by atoms with E-state index in [0.29, 0.717) is 35.2 Å². The van der Waals surface area contributed by atoms with E-state index in [1.807, 2.05) is 0 Å². The van der Waals surface area contributed by atoms with Crippen LogP contribution >= 0.6 is 11.8 Å². The van der Waals surface area contributed by atoms with E-state index in [0.717, 1.165) is 36.3 Å². The lowest BCUT2D eigenvalue weighted by atomic mass is 9.74. The predicted octanol–water partition coefficient (Wildman–Crippen LogP) is 11.2. The largest absolute Gasteiger partial charge is 0.489 e. The Kier molecular flexibility index (Phi) is 8.29. The summed E-state index contributed by atoms with van der Waals surface area (Å²) in [5, 5.41) is 1.48. The van der Waals surface area contributed by atoms with Gasteiger partial charge in [0, 0.05) is 57.6 Å². The summed E-state index contributed by atoms with van der Waals surface area (Å²) in [6.07, 6.45) is 56.3. The minimum absolute atomic E-state index is 0.114. The molecule has 8 aliphatic carbocycles. The summed E-state index contributed by atoms with van der Waals surface area (Å²) in [6.45, 7) is 0. The summed E-state index contributed by atoms with van der Waals surface area (Å²) in [5.74, 6) is 4.31. The lowest BCUT2D eigenvalue weighted by molar-refractivity contribution is 0.142. The number of allylic oxidation sites excluding steroid dienone is 13. The minimum atomic E-state index is 0.114. The first-order chi connectivity index (χ1) is 25.8. The molecular weight excluding hydrogens is 653 g/mol. The van der Waals surface area contributed by atoms with Crippen molar-refractivity contribution in [2.45, 2.75) is 131 Å². The van der Waals surface area contributed by atoms with Crippen molar-refractivity contribution in [3.63, 3.8) is 0 Å². The van der Waals surface area contributed by atoms with E-state index in [-0.39, 0.29) is 12.0 Å². The molecule has 0 radical (unpaired) electrons. The molecule has 3 nitrogen and oxygen atoms in total. The molecule has 0 aromatic heterocycles. The molecule has 4 heteroatoms. The van der Waals surface area contributed by atoms with Gasteiger partial charge >= 0.3 is 0 Å². The van der Waals surface area contributed by atoms with Crippen LogP contribution in [0.2, 0.25) is 0 Å². The van der Waals surface area contributed by atoms with Crippen LogP contribution in [0.15, 0.2) is 131 Å². The van der Waals surface area contributed by atoms with E-state index in [2.05, 4.69) is 113 Å². The van der Waals surface area contributed by atoms with Gasteiger partial charge in [0.1, 0.15) is 11.9 Å². The molecule has 3 aliphatic heterocycles. The van der Waals surface area contributed by atoms with Crippen molar-refractivity contribution >= 4 is 11.8 Å². The number of rotatable bonds is 5. The van der Waals surface area contributed by atoms with Crippen molar-refractivity contribution in [2.24, 2.45) is 29.6 Å². The van der Waals surface area contributed by atoms with Crippen LogP contribution in [0.1, 0.15) is 96.3 Å². The highest BCUT2D eigenvalue weighted by Crippen LogP contribution is 2.55. The summed E-state index contributed by atoms with van der Waals surface area (Å²) in [7, 11) is 0. The van der Waals surface area contributed by atoms with Crippen LogP contribution in [0.25, 0.3) is 0 Å². The molecule has 0 saturated carbocycles. The second-order valence-corrected chi connectivity index (χ2v) is 19.0. The van der Waals surface area contributed by atoms with Gasteiger partial charge in [-0.1, -0.05) is 78.5 Å². The van der Waals surface area contributed by atoms with Gasteiger partial charge in [-0.25, -0.2) is 0 Å². The number of thioether (sulfide) groups is 1. The standard InChI is InChI=1S/C48H56N2OS/c1-3-12-31(13-4-1)32-22-25-41-38(28-32)39-29-34(23-26-42(39)50(41)33-14-5-2-6-15-33)49(35-24-27-47-40(30-35)36-16-8-10-21-46(36)52-47)43-18-11-20-45-48(43)37-17-7-9-19-44(37)51-45/h1-3,5,7,10-11,17-18,20-21,23,26,28,30-31,33-34,36,38,40-41,45-48H,4,6,8-9,12-16,19,22,24-25,27,29H2. The third kappa shape index (κ3) is 5.35. The number of fused-ring (bicyclic) bond motifs is 7. The molecule has 3 heterocycles. The van der Waals surface area contributed by atoms with E-state index in [1.54, 1.807) is 22.5 Å². The molecule has 1 fully saturated rings. The van der Waals surface area contributed by atoms with Crippen LogP contribution in [-0.4, -0.2) is 44.5 Å². The van der Waals surface area contributed by atoms with Gasteiger partial charge in [-0.2, -0.15) is 11.8 Å². The first kappa shape index (κ1) is 32.3. The minimum Gasteiger partial charge on any atom is -0.489 e. The number of ether oxygens (including phenoxy) is 1. The Morgan fingerprint density at radius 2 is 1.71 bits per heavy atom. The van der Waals surface area contributed by atoms with Crippen LogP contribution in [0, 0.1) is 29.6 Å². The SMILES string of the molecule is C1=CC2OC3=C(C=CCC3)C2C(N(C2=CC3C(CC2)SC2C=CCCC23)C2C=CC3=C(C2)C2C=C(C4CC=CCC4)CCC2N3C2CC=CCC2)=C1. The van der Waals surface area contributed by atoms with Crippen molar-refractivity contribution in [1.82, 2.24) is 9.80 Å². The molecule has 0 N–H and O–H groups in total. The predicted molar refractivity (Wildman–Crippen MR) is 215 cm³/mol. The van der Waals surface area contributed by atoms with Crippen molar-refractivity contribution in [3.8, 4) is 0 Å². The highest BCUT2D eigenvalue weighted by atomic mass is 32.2. The average Bonchev–Trinajstić information content (AvgIpc) is 3.88. The Morgan fingerprint density at radius 1 is 0.788 bits per heavy atom. The smallest absolute Gasteiger partial charge is 0.129 e. The van der Waals surface area contributed by atoms with Crippen LogP contribution in [0.3, 0.4) is 0 Å². The molecule has 0 aromatic rings. The van der Waals surface area contributed by atoms with Gasteiger partial charge in [-0.15, -0.1) is 0 Å². The molecule has 270 valence electrons. The summed E-state index contributed by atoms with van der Waals surface area (Å²) >= 11 is 2.29. The highest BCUT2D eigenvalue weighted by molar-refractivity contribution is 8.01. The molecule has 0 amide bonds. The molecular formula is C48H56N2OS. The second-order valence-electron chi connectivity index (χ2n) is 17.6. The first-order valence-electron chi connectivity index (χ1n) is 21.3. The van der Waals surface area contributed by atoms with Gasteiger partial charge < -0.3 is 14.5 Å². The van der Waals surface area contributed by atoms with E-state index >= 15 is 0 Å². The van der Waals surface area contributed by atoms with Crippen molar-refractivity contribution < 1.29 is 4.74 Å². The van der Waals surface area contributed by atoms with Gasteiger partial charge in [-0.3, -0.25) is 0 Å². The molecule has 11 aliphatic rings. The van der Waals surface area contributed by atoms with Gasteiger partial charge in [0.25, 0.3) is 0 Å². The van der Waals surface area contributed by atoms with Gasteiger partial charge in [0.15, 0.2) is 0 Å². The maximum Gasteiger partial charge on any atom is 0.129 e. The van der Waals surface area contributed by atoms with Gasteiger partial charge in [-0.05, 0) is 131 Å². The Hall–Kier alpha value is -3.11. The first-order valence-corrected chi connectivity index (χ1v) is 22.2. The maximum atomic E-state index is 6.75. The van der Waals surface area contributed by atoms with Crippen molar-refractivity contribution in [1.29, 1.82) is 0 Å². The van der Waals surface area contributed by atoms with Crippen LogP contribution in [0.4, 0.5) is 0 Å². The van der Waals surface area contributed by atoms with E-state index in [9.17, 15) is 0 Å². The number of hydrogen-bond donors (Lipinski definition) is 0. The fourth-order valence-electron chi connectivity index (χ4n) is 12.5. The molecule has 11 rings (SSSR count). The van der Waals surface area contributed by atoms with Crippen molar-refractivity contribution in [2.75, 3.05) is 0 Å². The topological polar surface area (TPSA) is 15.7 Å². The fraction of sp³-hybridized carbons (Fsp3) is 0.542. The molecule has 52 heavy (non-hydrogen) atoms. The van der Waals surface area contributed by atoms with Crippen LogP contribution in [-0.2, 0) is 4.74 Å². The molecule has 0 aromatic carbocycles. The van der Waals surface area contributed by atoms with E-state index < -0.39 is 0 Å². The monoisotopic (exact) mass is 708 g/mol. The Balaban J connectivity index is 0.988. The van der Waals surface area contributed by atoms with E-state index in [4.69, 9.17) is 4.74 Å². The zero-order chi connectivity index (χ0) is 34.2.